The summed E-state index contributed by atoms with van der Waals surface area (Å²) in [6.07, 6.45) is 3.01. The Bertz CT molecular complexity index is 690. The van der Waals surface area contributed by atoms with E-state index < -0.39 is 0 Å². The van der Waals surface area contributed by atoms with Gasteiger partial charge >= 0.3 is 0 Å². The molecule has 3 rings (SSSR count). The highest BCUT2D eigenvalue weighted by Gasteiger charge is 2.29. The fourth-order valence-electron chi connectivity index (χ4n) is 2.91. The number of nitrogens with zero attached hydrogens (tertiary/aromatic N) is 2. The van der Waals surface area contributed by atoms with E-state index in [-0.39, 0.29) is 11.8 Å². The molecule has 0 aliphatic carbocycles. The van der Waals surface area contributed by atoms with Crippen molar-refractivity contribution in [1.82, 2.24) is 4.90 Å². The predicted molar refractivity (Wildman–Crippen MR) is 79.7 cm³/mol. The van der Waals surface area contributed by atoms with Crippen LogP contribution in [-0.4, -0.2) is 34.8 Å². The van der Waals surface area contributed by atoms with Gasteiger partial charge in [-0.1, -0.05) is 30.3 Å². The molecular formula is C16H18N2O3. The molecule has 1 aliphatic heterocycles. The summed E-state index contributed by atoms with van der Waals surface area (Å²) in [7, 11) is 0. The van der Waals surface area contributed by atoms with Crippen LogP contribution in [-0.2, 0) is 0 Å². The molecule has 5 heteroatoms. The van der Waals surface area contributed by atoms with E-state index in [1.165, 1.54) is 6.26 Å². The van der Waals surface area contributed by atoms with Gasteiger partial charge in [-0.2, -0.15) is 0 Å². The molecule has 5 nitrogen and oxygen atoms in total. The van der Waals surface area contributed by atoms with Crippen LogP contribution in [0.2, 0.25) is 0 Å². The number of rotatable bonds is 2. The van der Waals surface area contributed by atoms with E-state index in [0.29, 0.717) is 25.1 Å². The molecule has 0 bridgehead atoms. The van der Waals surface area contributed by atoms with Crippen LogP contribution in [0.5, 0.6) is 0 Å². The molecule has 1 aromatic heterocycles. The van der Waals surface area contributed by atoms with Crippen LogP contribution in [0.15, 0.2) is 40.1 Å². The van der Waals surface area contributed by atoms with Gasteiger partial charge in [0.2, 0.25) is 0 Å². The van der Waals surface area contributed by atoms with E-state index in [1.54, 1.807) is 0 Å². The van der Waals surface area contributed by atoms with Crippen LogP contribution >= 0.6 is 0 Å². The Morgan fingerprint density at radius 3 is 3.05 bits per heavy atom. The molecule has 1 saturated heterocycles. The molecule has 1 aliphatic rings. The zero-order valence-electron chi connectivity index (χ0n) is 12.0. The average molecular weight is 286 g/mol. The number of oxime groups is 1. The third-order valence-corrected chi connectivity index (χ3v) is 4.17. The van der Waals surface area contributed by atoms with Gasteiger partial charge in [-0.05, 0) is 12.5 Å². The maximum atomic E-state index is 12.7. The van der Waals surface area contributed by atoms with E-state index >= 15 is 0 Å². The van der Waals surface area contributed by atoms with Crippen molar-refractivity contribution >= 4 is 22.6 Å². The van der Waals surface area contributed by atoms with Crippen molar-refractivity contribution < 1.29 is 14.4 Å². The molecule has 1 fully saturated rings. The topological polar surface area (TPSA) is 66.0 Å². The van der Waals surface area contributed by atoms with Gasteiger partial charge in [-0.25, -0.2) is 0 Å². The van der Waals surface area contributed by atoms with Crippen molar-refractivity contribution in [3.63, 3.8) is 0 Å². The number of furan rings is 1. The van der Waals surface area contributed by atoms with Crippen molar-refractivity contribution in [3.8, 4) is 0 Å². The van der Waals surface area contributed by atoms with Crippen LogP contribution < -0.4 is 0 Å². The summed E-state index contributed by atoms with van der Waals surface area (Å²) in [4.78, 5) is 14.5. The molecule has 1 atom stereocenters. The number of likely N-dealkylation sites (tertiary alicyclic amines) is 1. The van der Waals surface area contributed by atoms with E-state index in [4.69, 9.17) is 9.62 Å². The Morgan fingerprint density at radius 2 is 2.29 bits per heavy atom. The maximum absolute atomic E-state index is 12.7. The number of para-hydroxylation sites is 1. The third-order valence-electron chi connectivity index (χ3n) is 4.17. The average Bonchev–Trinajstić information content (AvgIpc) is 2.97. The van der Waals surface area contributed by atoms with Crippen LogP contribution in [0.4, 0.5) is 0 Å². The largest absolute Gasteiger partial charge is 0.463 e. The molecule has 2 heterocycles. The summed E-state index contributed by atoms with van der Waals surface area (Å²) < 4.78 is 5.45. The van der Waals surface area contributed by atoms with E-state index in [2.05, 4.69) is 5.16 Å². The van der Waals surface area contributed by atoms with Gasteiger partial charge in [0, 0.05) is 30.8 Å². The lowest BCUT2D eigenvalue weighted by Gasteiger charge is -2.32. The van der Waals surface area contributed by atoms with Gasteiger partial charge in [-0.3, -0.25) is 4.79 Å². The highest BCUT2D eigenvalue weighted by atomic mass is 16.4. The summed E-state index contributed by atoms with van der Waals surface area (Å²) >= 11 is 0. The van der Waals surface area contributed by atoms with Gasteiger partial charge < -0.3 is 14.5 Å². The molecule has 21 heavy (non-hydrogen) atoms. The monoisotopic (exact) mass is 286 g/mol. The first-order valence-corrected chi connectivity index (χ1v) is 7.21. The van der Waals surface area contributed by atoms with Gasteiger partial charge in [0.15, 0.2) is 0 Å². The second kappa shape index (κ2) is 5.60. The maximum Gasteiger partial charge on any atom is 0.257 e. The number of fused-ring (bicyclic) bond motifs is 1. The zero-order chi connectivity index (χ0) is 14.8. The van der Waals surface area contributed by atoms with Gasteiger partial charge in [0.25, 0.3) is 5.91 Å². The molecule has 1 unspecified atom stereocenters. The van der Waals surface area contributed by atoms with Crippen molar-refractivity contribution in [3.05, 3.63) is 36.1 Å². The summed E-state index contributed by atoms with van der Waals surface area (Å²) in [6.45, 7) is 3.21. The lowest BCUT2D eigenvalue weighted by atomic mass is 9.93. The zero-order valence-corrected chi connectivity index (χ0v) is 12.0. The minimum absolute atomic E-state index is 0.0182. The Hall–Kier alpha value is -2.30. The van der Waals surface area contributed by atoms with Crippen molar-refractivity contribution in [2.45, 2.75) is 19.8 Å². The SMILES string of the molecule is CCC1CN(C(=O)c2coc3ccccc23)CC/C1=N\O. The van der Waals surface area contributed by atoms with Crippen LogP contribution in [0.1, 0.15) is 30.1 Å². The van der Waals surface area contributed by atoms with E-state index in [9.17, 15) is 4.79 Å². The first-order valence-electron chi connectivity index (χ1n) is 7.21. The number of piperidine rings is 1. The molecule has 1 amide bonds. The fourth-order valence-corrected chi connectivity index (χ4v) is 2.91. The third kappa shape index (κ3) is 2.39. The lowest BCUT2D eigenvalue weighted by molar-refractivity contribution is 0.0730. The van der Waals surface area contributed by atoms with Crippen molar-refractivity contribution in [1.29, 1.82) is 0 Å². The number of carbonyl (C=O) groups is 1. The summed E-state index contributed by atoms with van der Waals surface area (Å²) in [5.41, 5.74) is 2.12. The molecule has 0 spiro atoms. The molecule has 1 aromatic carbocycles. The summed E-state index contributed by atoms with van der Waals surface area (Å²) in [6, 6.07) is 7.54. The molecule has 2 aromatic rings. The quantitative estimate of drug-likeness (QED) is 0.681. The van der Waals surface area contributed by atoms with E-state index in [0.717, 1.165) is 23.1 Å². The Labute approximate surface area is 122 Å². The Balaban J connectivity index is 1.86. The Morgan fingerprint density at radius 1 is 1.48 bits per heavy atom. The van der Waals surface area contributed by atoms with Crippen molar-refractivity contribution in [2.75, 3.05) is 13.1 Å². The second-order valence-electron chi connectivity index (χ2n) is 5.34. The number of benzene rings is 1. The number of hydrogen-bond acceptors (Lipinski definition) is 4. The van der Waals surface area contributed by atoms with Crippen LogP contribution in [0.25, 0.3) is 11.0 Å². The summed E-state index contributed by atoms with van der Waals surface area (Å²) in [5.74, 6) is 0.112. The number of amides is 1. The molecule has 0 saturated carbocycles. The molecule has 110 valence electrons. The molecular weight excluding hydrogens is 268 g/mol. The van der Waals surface area contributed by atoms with Gasteiger partial charge in [0.05, 0.1) is 11.3 Å². The number of carbonyl (C=O) groups excluding carboxylic acids is 1. The van der Waals surface area contributed by atoms with Crippen LogP contribution in [0, 0.1) is 5.92 Å². The van der Waals surface area contributed by atoms with Gasteiger partial charge in [0.1, 0.15) is 11.8 Å². The summed E-state index contributed by atoms with van der Waals surface area (Å²) in [5, 5.41) is 13.2. The first kappa shape index (κ1) is 13.7. The standard InChI is InChI=1S/C16H18N2O3/c1-2-11-9-18(8-7-14(11)17-20)16(19)13-10-21-15-6-4-3-5-12(13)15/h3-6,10-11,20H,2,7-9H2,1H3/b17-14+. The van der Waals surface area contributed by atoms with Crippen LogP contribution in [0.3, 0.4) is 0 Å². The first-order chi connectivity index (χ1) is 10.2. The molecule has 1 N–H and O–H groups in total. The highest BCUT2D eigenvalue weighted by Crippen LogP contribution is 2.25. The smallest absolute Gasteiger partial charge is 0.257 e. The highest BCUT2D eigenvalue weighted by molar-refractivity contribution is 6.06. The Kier molecular flexibility index (Phi) is 3.64. The minimum atomic E-state index is -0.0182. The second-order valence-corrected chi connectivity index (χ2v) is 5.34. The minimum Gasteiger partial charge on any atom is -0.463 e. The normalized spacial score (nSPS) is 21.1. The number of hydrogen-bond donors (Lipinski definition) is 1. The fraction of sp³-hybridized carbons (Fsp3) is 0.375. The lowest BCUT2D eigenvalue weighted by Crippen LogP contribution is -2.44. The van der Waals surface area contributed by atoms with Gasteiger partial charge in [-0.15, -0.1) is 0 Å². The molecule has 0 radical (unpaired) electrons. The van der Waals surface area contributed by atoms with E-state index in [1.807, 2.05) is 36.1 Å². The predicted octanol–water partition coefficient (Wildman–Crippen LogP) is 3.14. The van der Waals surface area contributed by atoms with Crippen molar-refractivity contribution in [2.24, 2.45) is 11.1 Å².